The molecule has 8 nitrogen and oxygen atoms in total. The normalized spacial score (nSPS) is 19.3. The van der Waals surface area contributed by atoms with Crippen molar-refractivity contribution in [2.45, 2.75) is 31.2 Å². The van der Waals surface area contributed by atoms with E-state index in [0.29, 0.717) is 13.1 Å². The van der Waals surface area contributed by atoms with Gasteiger partial charge in [0.05, 0.1) is 16.4 Å². The number of amides is 1. The molecule has 0 aliphatic carbocycles. The summed E-state index contributed by atoms with van der Waals surface area (Å²) in [5.41, 5.74) is 0.247. The number of rotatable bonds is 9. The highest BCUT2D eigenvalue weighted by atomic mass is 32.2. The Kier molecular flexibility index (Phi) is 7.38. The zero-order chi connectivity index (χ0) is 20.1. The van der Waals surface area contributed by atoms with Gasteiger partial charge in [-0.3, -0.25) is 4.79 Å². The molecule has 0 aromatic heterocycles. The number of likely N-dealkylation sites (N-methyl/N-ethyl adjacent to an activating group) is 1. The number of nitrogens with zero attached hydrogens (tertiary/aromatic N) is 1. The van der Waals surface area contributed by atoms with Crippen LogP contribution in [0.1, 0.15) is 30.6 Å². The van der Waals surface area contributed by atoms with E-state index in [2.05, 4.69) is 14.9 Å². The molecule has 0 spiro atoms. The first kappa shape index (κ1) is 21.8. The van der Waals surface area contributed by atoms with Crippen LogP contribution < -0.4 is 10.0 Å². The number of carbonyl (C=O) groups is 1. The molecule has 0 saturated carbocycles. The Balaban J connectivity index is 2.02. The standard InChI is InChI=1S/C17H27N3O5S2/c1-3-20(4-2)10-9-18-17(21)14-6-5-7-16(12-14)27(24,25)19-15-8-11-26(22,23)13-15/h5-7,12,15,19H,3-4,8-11,13H2,1-2H3,(H,18,21)/t15-/m0/s1. The number of hydrogen-bond acceptors (Lipinski definition) is 6. The molecule has 1 fully saturated rings. The summed E-state index contributed by atoms with van der Waals surface area (Å²) in [5.74, 6) is -0.560. The predicted molar refractivity (Wildman–Crippen MR) is 104 cm³/mol. The third-order valence-corrected chi connectivity index (χ3v) is 7.85. The van der Waals surface area contributed by atoms with Crippen molar-refractivity contribution in [2.75, 3.05) is 37.7 Å². The van der Waals surface area contributed by atoms with E-state index in [1.165, 1.54) is 18.2 Å². The van der Waals surface area contributed by atoms with Crippen LogP contribution in [0.3, 0.4) is 0 Å². The Morgan fingerprint density at radius 1 is 1.26 bits per heavy atom. The van der Waals surface area contributed by atoms with Crippen LogP contribution in [0, 0.1) is 0 Å². The fourth-order valence-electron chi connectivity index (χ4n) is 2.95. The molecule has 1 aromatic carbocycles. The van der Waals surface area contributed by atoms with Gasteiger partial charge in [-0.1, -0.05) is 19.9 Å². The van der Waals surface area contributed by atoms with Crippen LogP contribution in [-0.4, -0.2) is 71.4 Å². The third kappa shape index (κ3) is 6.27. The summed E-state index contributed by atoms with van der Waals surface area (Å²) in [6.07, 6.45) is 0.257. The summed E-state index contributed by atoms with van der Waals surface area (Å²) in [6, 6.07) is 5.11. The van der Waals surface area contributed by atoms with Crippen molar-refractivity contribution >= 4 is 25.8 Å². The molecule has 0 bridgehead atoms. The van der Waals surface area contributed by atoms with Crippen LogP contribution in [0.4, 0.5) is 0 Å². The second-order valence-electron chi connectivity index (χ2n) is 6.53. The summed E-state index contributed by atoms with van der Waals surface area (Å²) >= 11 is 0. The molecular formula is C17H27N3O5S2. The van der Waals surface area contributed by atoms with Gasteiger partial charge >= 0.3 is 0 Å². The summed E-state index contributed by atoms with van der Waals surface area (Å²) in [4.78, 5) is 14.4. The van der Waals surface area contributed by atoms with E-state index < -0.39 is 25.9 Å². The van der Waals surface area contributed by atoms with E-state index in [1.54, 1.807) is 6.07 Å². The Morgan fingerprint density at radius 2 is 1.96 bits per heavy atom. The van der Waals surface area contributed by atoms with Crippen molar-refractivity contribution in [1.82, 2.24) is 14.9 Å². The highest BCUT2D eigenvalue weighted by molar-refractivity contribution is 7.92. The van der Waals surface area contributed by atoms with Crippen molar-refractivity contribution in [3.8, 4) is 0 Å². The number of benzene rings is 1. The molecule has 27 heavy (non-hydrogen) atoms. The molecule has 1 atom stereocenters. The summed E-state index contributed by atoms with van der Waals surface area (Å²) < 4.78 is 50.5. The number of hydrogen-bond donors (Lipinski definition) is 2. The lowest BCUT2D eigenvalue weighted by Gasteiger charge is -2.18. The molecule has 152 valence electrons. The maximum atomic E-state index is 12.5. The summed E-state index contributed by atoms with van der Waals surface area (Å²) in [5, 5.41) is 2.79. The van der Waals surface area contributed by atoms with Crippen molar-refractivity contribution < 1.29 is 21.6 Å². The molecule has 2 N–H and O–H groups in total. The minimum Gasteiger partial charge on any atom is -0.351 e. The monoisotopic (exact) mass is 417 g/mol. The van der Waals surface area contributed by atoms with Crippen LogP contribution in [0.15, 0.2) is 29.2 Å². The molecule has 1 aliphatic heterocycles. The highest BCUT2D eigenvalue weighted by Gasteiger charge is 2.31. The van der Waals surface area contributed by atoms with Crippen LogP contribution >= 0.6 is 0 Å². The molecule has 10 heteroatoms. The van der Waals surface area contributed by atoms with Gasteiger partial charge in [-0.25, -0.2) is 21.6 Å². The van der Waals surface area contributed by atoms with Gasteiger partial charge in [-0.2, -0.15) is 0 Å². The lowest BCUT2D eigenvalue weighted by atomic mass is 10.2. The average Bonchev–Trinajstić information content (AvgIpc) is 2.96. The Hall–Kier alpha value is -1.49. The number of sulfonamides is 1. The van der Waals surface area contributed by atoms with E-state index in [4.69, 9.17) is 0 Å². The zero-order valence-electron chi connectivity index (χ0n) is 15.6. The van der Waals surface area contributed by atoms with Gasteiger partial charge in [0.2, 0.25) is 10.0 Å². The van der Waals surface area contributed by atoms with Gasteiger partial charge < -0.3 is 10.2 Å². The van der Waals surface area contributed by atoms with Gasteiger partial charge in [0.1, 0.15) is 0 Å². The molecule has 0 unspecified atom stereocenters. The lowest BCUT2D eigenvalue weighted by Crippen LogP contribution is -2.36. The Labute approximate surface area is 161 Å². The van der Waals surface area contributed by atoms with Crippen LogP contribution in [0.25, 0.3) is 0 Å². The molecular weight excluding hydrogens is 390 g/mol. The Bertz CT molecular complexity index is 864. The number of sulfone groups is 1. The number of carbonyl (C=O) groups excluding carboxylic acids is 1. The average molecular weight is 418 g/mol. The second kappa shape index (κ2) is 9.13. The topological polar surface area (TPSA) is 113 Å². The maximum Gasteiger partial charge on any atom is 0.251 e. The molecule has 1 amide bonds. The molecule has 0 radical (unpaired) electrons. The molecule has 1 saturated heterocycles. The predicted octanol–water partition coefficient (Wildman–Crippen LogP) is 0.224. The lowest BCUT2D eigenvalue weighted by molar-refractivity contribution is 0.0948. The van der Waals surface area contributed by atoms with Crippen molar-refractivity contribution in [3.63, 3.8) is 0 Å². The van der Waals surface area contributed by atoms with Gasteiger partial charge in [0.25, 0.3) is 5.91 Å². The second-order valence-corrected chi connectivity index (χ2v) is 10.5. The quantitative estimate of drug-likeness (QED) is 0.595. The van der Waals surface area contributed by atoms with E-state index in [-0.39, 0.29) is 34.3 Å². The van der Waals surface area contributed by atoms with Crippen molar-refractivity contribution in [1.29, 1.82) is 0 Å². The first-order chi connectivity index (χ1) is 12.7. The van der Waals surface area contributed by atoms with E-state index >= 15 is 0 Å². The van der Waals surface area contributed by atoms with E-state index in [1.807, 2.05) is 13.8 Å². The fourth-order valence-corrected chi connectivity index (χ4v) is 6.04. The minimum absolute atomic E-state index is 0.0187. The minimum atomic E-state index is -3.89. The van der Waals surface area contributed by atoms with Gasteiger partial charge in [0, 0.05) is 24.7 Å². The van der Waals surface area contributed by atoms with Gasteiger partial charge in [0.15, 0.2) is 9.84 Å². The molecule has 2 rings (SSSR count). The van der Waals surface area contributed by atoms with Crippen molar-refractivity contribution in [3.05, 3.63) is 29.8 Å². The van der Waals surface area contributed by atoms with Gasteiger partial charge in [-0.15, -0.1) is 0 Å². The van der Waals surface area contributed by atoms with Crippen LogP contribution in [0.5, 0.6) is 0 Å². The smallest absolute Gasteiger partial charge is 0.251 e. The SMILES string of the molecule is CCN(CC)CCNC(=O)c1cccc(S(=O)(=O)N[C@H]2CCS(=O)(=O)C2)c1. The van der Waals surface area contributed by atoms with Gasteiger partial charge in [-0.05, 0) is 37.7 Å². The fraction of sp³-hybridized carbons (Fsp3) is 0.588. The zero-order valence-corrected chi connectivity index (χ0v) is 17.3. The summed E-state index contributed by atoms with van der Waals surface area (Å²) in [7, 11) is -7.08. The van der Waals surface area contributed by atoms with Crippen LogP contribution in [-0.2, 0) is 19.9 Å². The molecule has 1 heterocycles. The first-order valence-electron chi connectivity index (χ1n) is 9.00. The first-order valence-corrected chi connectivity index (χ1v) is 12.3. The van der Waals surface area contributed by atoms with Crippen molar-refractivity contribution in [2.24, 2.45) is 0 Å². The Morgan fingerprint density at radius 3 is 2.56 bits per heavy atom. The molecule has 1 aromatic rings. The highest BCUT2D eigenvalue weighted by Crippen LogP contribution is 2.17. The summed E-state index contributed by atoms with van der Waals surface area (Å²) in [6.45, 7) is 7.06. The number of nitrogens with one attached hydrogen (secondary N) is 2. The third-order valence-electron chi connectivity index (χ3n) is 4.57. The van der Waals surface area contributed by atoms with Crippen LogP contribution in [0.2, 0.25) is 0 Å². The molecule has 1 aliphatic rings. The van der Waals surface area contributed by atoms with E-state index in [9.17, 15) is 21.6 Å². The van der Waals surface area contributed by atoms with E-state index in [0.717, 1.165) is 13.1 Å². The maximum absolute atomic E-state index is 12.5. The largest absolute Gasteiger partial charge is 0.351 e.